The summed E-state index contributed by atoms with van der Waals surface area (Å²) in [4.78, 5) is 27.2. The Labute approximate surface area is 166 Å². The van der Waals surface area contributed by atoms with Crippen LogP contribution in [0.4, 0.5) is 0 Å². The molecule has 0 bridgehead atoms. The van der Waals surface area contributed by atoms with Gasteiger partial charge >= 0.3 is 0 Å². The molecule has 2 fully saturated rings. The number of halogens is 1. The fourth-order valence-electron chi connectivity index (χ4n) is 3.58. The van der Waals surface area contributed by atoms with Gasteiger partial charge in [-0.1, -0.05) is 12.1 Å². The maximum absolute atomic E-state index is 12.8. The second-order valence-electron chi connectivity index (χ2n) is 7.02. The number of rotatable bonds is 6. The molecule has 1 unspecified atom stereocenters. The van der Waals surface area contributed by atoms with Crippen molar-refractivity contribution in [1.29, 1.82) is 0 Å². The van der Waals surface area contributed by atoms with Crippen LogP contribution in [0.3, 0.4) is 0 Å². The Morgan fingerprint density at radius 1 is 1.33 bits per heavy atom. The van der Waals surface area contributed by atoms with Crippen LogP contribution in [0, 0.1) is 5.41 Å². The minimum Gasteiger partial charge on any atom is -0.497 e. The molecule has 8 heteroatoms. The molecule has 3 N–H and O–H groups in total. The Morgan fingerprint density at radius 2 is 2.00 bits per heavy atom. The normalized spacial score (nSPS) is 21.5. The highest BCUT2D eigenvalue weighted by Gasteiger charge is 2.42. The third-order valence-corrected chi connectivity index (χ3v) is 5.46. The second kappa shape index (κ2) is 9.39. The summed E-state index contributed by atoms with van der Waals surface area (Å²) in [6, 6.07) is 7.19. The topological polar surface area (TPSA) is 93.9 Å². The first kappa shape index (κ1) is 21.5. The molecule has 0 aromatic heterocycles. The number of nitrogens with one attached hydrogen (secondary N) is 1. The molecule has 2 saturated heterocycles. The van der Waals surface area contributed by atoms with Gasteiger partial charge in [0.05, 0.1) is 12.5 Å². The van der Waals surface area contributed by atoms with Crippen LogP contribution in [0.5, 0.6) is 5.75 Å². The lowest BCUT2D eigenvalue weighted by Crippen LogP contribution is -2.53. The van der Waals surface area contributed by atoms with Crippen LogP contribution in [0.25, 0.3) is 0 Å². The van der Waals surface area contributed by atoms with Crippen molar-refractivity contribution in [3.63, 3.8) is 0 Å². The summed E-state index contributed by atoms with van der Waals surface area (Å²) >= 11 is 0. The molecule has 0 saturated carbocycles. The molecular weight excluding hydrogens is 370 g/mol. The van der Waals surface area contributed by atoms with E-state index in [4.69, 9.17) is 15.2 Å². The first-order valence-electron chi connectivity index (χ1n) is 9.08. The standard InChI is InChI=1S/C19H27N3O4.ClH/c1-25-15-4-2-14(3-5-15)12-22-9-6-16(17(22)23)21-18(24)19(13-20)7-10-26-11-8-19;/h2-5,16H,6-13,20H2,1H3,(H,21,24);1H. The van der Waals surface area contributed by atoms with E-state index in [1.165, 1.54) is 0 Å². The van der Waals surface area contributed by atoms with Crippen molar-refractivity contribution < 1.29 is 19.1 Å². The fraction of sp³-hybridized carbons (Fsp3) is 0.579. The fourth-order valence-corrected chi connectivity index (χ4v) is 3.58. The molecule has 7 nitrogen and oxygen atoms in total. The monoisotopic (exact) mass is 397 g/mol. The molecule has 1 atom stereocenters. The summed E-state index contributed by atoms with van der Waals surface area (Å²) in [5.74, 6) is 0.636. The van der Waals surface area contributed by atoms with Gasteiger partial charge in [-0.15, -0.1) is 12.4 Å². The van der Waals surface area contributed by atoms with Gasteiger partial charge in [-0.05, 0) is 37.0 Å². The number of amides is 2. The molecule has 3 rings (SSSR count). The van der Waals surface area contributed by atoms with Crippen LogP contribution in [0.2, 0.25) is 0 Å². The Bertz CT molecular complexity index is 647. The average molecular weight is 398 g/mol. The van der Waals surface area contributed by atoms with E-state index in [-0.39, 0.29) is 30.8 Å². The summed E-state index contributed by atoms with van der Waals surface area (Å²) in [6.45, 7) is 2.51. The van der Waals surface area contributed by atoms with Crippen LogP contribution in [0.15, 0.2) is 24.3 Å². The number of likely N-dealkylation sites (tertiary alicyclic amines) is 1. The van der Waals surface area contributed by atoms with Gasteiger partial charge in [-0.2, -0.15) is 0 Å². The zero-order valence-corrected chi connectivity index (χ0v) is 16.4. The van der Waals surface area contributed by atoms with Crippen molar-refractivity contribution in [3.05, 3.63) is 29.8 Å². The van der Waals surface area contributed by atoms with Gasteiger partial charge in [0.2, 0.25) is 11.8 Å². The Kier molecular flexibility index (Phi) is 7.47. The van der Waals surface area contributed by atoms with E-state index < -0.39 is 11.5 Å². The van der Waals surface area contributed by atoms with Crippen LogP contribution in [-0.4, -0.2) is 56.2 Å². The number of hydrogen-bond donors (Lipinski definition) is 2. The summed E-state index contributed by atoms with van der Waals surface area (Å²) in [5, 5.41) is 2.94. The van der Waals surface area contributed by atoms with Gasteiger partial charge < -0.3 is 25.4 Å². The molecule has 1 aromatic carbocycles. The van der Waals surface area contributed by atoms with Crippen LogP contribution < -0.4 is 15.8 Å². The van der Waals surface area contributed by atoms with Gasteiger partial charge in [0.1, 0.15) is 11.8 Å². The number of benzene rings is 1. The van der Waals surface area contributed by atoms with Gasteiger partial charge in [0.25, 0.3) is 0 Å². The van der Waals surface area contributed by atoms with Crippen molar-refractivity contribution in [2.75, 3.05) is 33.4 Å². The Morgan fingerprint density at radius 3 is 2.59 bits per heavy atom. The summed E-state index contributed by atoms with van der Waals surface area (Å²) in [5.41, 5.74) is 6.31. The number of nitrogens with zero attached hydrogens (tertiary/aromatic N) is 1. The Hall–Kier alpha value is -1.83. The maximum atomic E-state index is 12.8. The molecule has 0 aliphatic carbocycles. The lowest BCUT2D eigenvalue weighted by atomic mass is 9.79. The highest BCUT2D eigenvalue weighted by Crippen LogP contribution is 2.30. The minimum absolute atomic E-state index is 0. The smallest absolute Gasteiger partial charge is 0.245 e. The van der Waals surface area contributed by atoms with E-state index >= 15 is 0 Å². The largest absolute Gasteiger partial charge is 0.497 e. The summed E-state index contributed by atoms with van der Waals surface area (Å²) in [7, 11) is 1.62. The van der Waals surface area contributed by atoms with Crippen molar-refractivity contribution in [3.8, 4) is 5.75 Å². The maximum Gasteiger partial charge on any atom is 0.245 e. The molecule has 2 heterocycles. The van der Waals surface area contributed by atoms with Gasteiger partial charge in [0.15, 0.2) is 0 Å². The van der Waals surface area contributed by atoms with Crippen LogP contribution in [-0.2, 0) is 20.9 Å². The predicted octanol–water partition coefficient (Wildman–Crippen LogP) is 1.09. The predicted molar refractivity (Wildman–Crippen MR) is 104 cm³/mol. The first-order valence-corrected chi connectivity index (χ1v) is 9.08. The first-order chi connectivity index (χ1) is 12.6. The molecule has 27 heavy (non-hydrogen) atoms. The van der Waals surface area contributed by atoms with E-state index in [9.17, 15) is 9.59 Å². The SMILES string of the molecule is COc1ccc(CN2CCC(NC(=O)C3(CN)CCOCC3)C2=O)cc1.Cl. The molecule has 0 radical (unpaired) electrons. The third kappa shape index (κ3) is 4.72. The third-order valence-electron chi connectivity index (χ3n) is 5.46. The highest BCUT2D eigenvalue weighted by molar-refractivity contribution is 5.91. The van der Waals surface area contributed by atoms with E-state index in [2.05, 4.69) is 5.32 Å². The molecule has 1 aromatic rings. The zero-order valence-electron chi connectivity index (χ0n) is 15.6. The Balaban J connectivity index is 0.00000261. The van der Waals surface area contributed by atoms with Crippen molar-refractivity contribution in [2.45, 2.75) is 31.8 Å². The van der Waals surface area contributed by atoms with Gasteiger partial charge in [-0.25, -0.2) is 0 Å². The van der Waals surface area contributed by atoms with Crippen molar-refractivity contribution in [1.82, 2.24) is 10.2 Å². The quantitative estimate of drug-likeness (QED) is 0.749. The average Bonchev–Trinajstić information content (AvgIpc) is 3.02. The lowest BCUT2D eigenvalue weighted by molar-refractivity contribution is -0.140. The number of carbonyl (C=O) groups excluding carboxylic acids is 2. The van der Waals surface area contributed by atoms with Gasteiger partial charge in [-0.3, -0.25) is 9.59 Å². The highest BCUT2D eigenvalue weighted by atomic mass is 35.5. The van der Waals surface area contributed by atoms with E-state index in [1.807, 2.05) is 24.3 Å². The molecule has 150 valence electrons. The molecule has 2 aliphatic heterocycles. The zero-order chi connectivity index (χ0) is 18.6. The second-order valence-corrected chi connectivity index (χ2v) is 7.02. The number of ether oxygens (including phenoxy) is 2. The van der Waals surface area contributed by atoms with Gasteiger partial charge in [0, 0.05) is 32.8 Å². The van der Waals surface area contributed by atoms with Crippen LogP contribution >= 0.6 is 12.4 Å². The van der Waals surface area contributed by atoms with Crippen LogP contribution in [0.1, 0.15) is 24.8 Å². The molecular formula is C19H28ClN3O4. The number of nitrogens with two attached hydrogens (primary N) is 1. The minimum atomic E-state index is -0.609. The molecule has 0 spiro atoms. The molecule has 2 amide bonds. The van der Waals surface area contributed by atoms with E-state index in [0.29, 0.717) is 45.6 Å². The van der Waals surface area contributed by atoms with Crippen molar-refractivity contribution >= 4 is 24.2 Å². The number of hydrogen-bond acceptors (Lipinski definition) is 5. The van der Waals surface area contributed by atoms with Crippen molar-refractivity contribution in [2.24, 2.45) is 11.1 Å². The number of carbonyl (C=O) groups is 2. The van der Waals surface area contributed by atoms with E-state index in [0.717, 1.165) is 11.3 Å². The summed E-state index contributed by atoms with van der Waals surface area (Å²) < 4.78 is 10.5. The lowest BCUT2D eigenvalue weighted by Gasteiger charge is -2.35. The molecule has 2 aliphatic rings. The van der Waals surface area contributed by atoms with E-state index in [1.54, 1.807) is 12.0 Å². The summed E-state index contributed by atoms with van der Waals surface area (Å²) in [6.07, 6.45) is 1.83. The number of methoxy groups -OCH3 is 1.